The summed E-state index contributed by atoms with van der Waals surface area (Å²) < 4.78 is 4.16. The minimum Gasteiger partial charge on any atom is -0.508 e. The number of carbonyl (C=O) groups excluding carboxylic acids is 2. The second-order valence-corrected chi connectivity index (χ2v) is 2.74. The van der Waals surface area contributed by atoms with Gasteiger partial charge >= 0.3 is 11.9 Å². The van der Waals surface area contributed by atoms with Crippen molar-refractivity contribution in [3.05, 3.63) is 17.7 Å². The average molecular weight is 212 g/mol. The fourth-order valence-corrected chi connectivity index (χ4v) is 0.988. The van der Waals surface area contributed by atoms with Gasteiger partial charge < -0.3 is 20.1 Å². The highest BCUT2D eigenvalue weighted by Gasteiger charge is 2.20. The summed E-state index contributed by atoms with van der Waals surface area (Å²) in [5.74, 6) is -3.80. The molecule has 0 aliphatic rings. The van der Waals surface area contributed by atoms with Crippen molar-refractivity contribution in [2.24, 2.45) is 0 Å². The fourth-order valence-electron chi connectivity index (χ4n) is 0.988. The van der Waals surface area contributed by atoms with Gasteiger partial charge in [-0.2, -0.15) is 0 Å². The molecular weight excluding hydrogens is 204 g/mol. The van der Waals surface area contributed by atoms with Crippen LogP contribution in [-0.2, 0) is 9.53 Å². The van der Waals surface area contributed by atoms with Crippen LogP contribution in [0.4, 0.5) is 0 Å². The van der Waals surface area contributed by atoms with Crippen molar-refractivity contribution in [2.75, 3.05) is 0 Å². The van der Waals surface area contributed by atoms with Crippen molar-refractivity contribution in [2.45, 2.75) is 6.92 Å². The standard InChI is InChI=1S/C9H8O6/c1-4(10)15-9(14)8-6(12)2-5(11)3-7(8)13/h2-3,11-13H,1H3. The largest absolute Gasteiger partial charge is 0.508 e. The minimum absolute atomic E-state index is 0.413. The summed E-state index contributed by atoms with van der Waals surface area (Å²) in [5, 5.41) is 27.4. The second kappa shape index (κ2) is 3.87. The molecule has 0 amide bonds. The van der Waals surface area contributed by atoms with E-state index >= 15 is 0 Å². The molecule has 1 rings (SSSR count). The SMILES string of the molecule is CC(=O)OC(=O)c1c(O)cc(O)cc1O. The highest BCUT2D eigenvalue weighted by molar-refractivity contribution is 6.00. The third kappa shape index (κ3) is 2.37. The Balaban J connectivity index is 3.14. The van der Waals surface area contributed by atoms with E-state index in [1.54, 1.807) is 0 Å². The number of ether oxygens (including phenoxy) is 1. The number of benzene rings is 1. The number of aromatic hydroxyl groups is 3. The van der Waals surface area contributed by atoms with Gasteiger partial charge in [-0.1, -0.05) is 0 Å². The minimum atomic E-state index is -1.18. The molecule has 0 saturated carbocycles. The van der Waals surface area contributed by atoms with E-state index in [1.807, 2.05) is 0 Å². The van der Waals surface area contributed by atoms with E-state index in [-0.39, 0.29) is 0 Å². The molecule has 1 aromatic rings. The summed E-state index contributed by atoms with van der Waals surface area (Å²) in [6.45, 7) is 1.01. The van der Waals surface area contributed by atoms with Crippen LogP contribution in [0.1, 0.15) is 17.3 Å². The van der Waals surface area contributed by atoms with E-state index in [2.05, 4.69) is 4.74 Å². The molecule has 0 bridgehead atoms. The molecule has 6 heteroatoms. The third-order valence-electron chi connectivity index (χ3n) is 1.52. The van der Waals surface area contributed by atoms with Crippen LogP contribution in [0.15, 0.2) is 12.1 Å². The van der Waals surface area contributed by atoms with Crippen LogP contribution in [0.25, 0.3) is 0 Å². The number of rotatable bonds is 1. The van der Waals surface area contributed by atoms with E-state index in [1.165, 1.54) is 0 Å². The smallest absolute Gasteiger partial charge is 0.353 e. The highest BCUT2D eigenvalue weighted by Crippen LogP contribution is 2.32. The molecule has 0 unspecified atom stereocenters. The normalized spacial score (nSPS) is 9.67. The molecule has 0 atom stereocenters. The number of hydrogen-bond acceptors (Lipinski definition) is 6. The summed E-state index contributed by atoms with van der Waals surface area (Å²) in [5.41, 5.74) is -0.567. The van der Waals surface area contributed by atoms with Gasteiger partial charge in [0, 0.05) is 19.1 Å². The molecule has 0 aliphatic carbocycles. The van der Waals surface area contributed by atoms with Crippen LogP contribution < -0.4 is 0 Å². The van der Waals surface area contributed by atoms with Crippen molar-refractivity contribution in [1.82, 2.24) is 0 Å². The lowest BCUT2D eigenvalue weighted by molar-refractivity contribution is -0.135. The van der Waals surface area contributed by atoms with Crippen molar-refractivity contribution >= 4 is 11.9 Å². The van der Waals surface area contributed by atoms with E-state index < -0.39 is 34.8 Å². The highest BCUT2D eigenvalue weighted by atomic mass is 16.6. The van der Waals surface area contributed by atoms with Crippen molar-refractivity contribution in [3.63, 3.8) is 0 Å². The molecule has 0 aliphatic heterocycles. The van der Waals surface area contributed by atoms with Gasteiger partial charge in [0.15, 0.2) is 0 Å². The molecule has 3 N–H and O–H groups in total. The van der Waals surface area contributed by atoms with Gasteiger partial charge in [-0.25, -0.2) is 4.79 Å². The lowest BCUT2D eigenvalue weighted by Gasteiger charge is -2.05. The van der Waals surface area contributed by atoms with Crippen LogP contribution in [-0.4, -0.2) is 27.3 Å². The Morgan fingerprint density at radius 3 is 2.00 bits per heavy atom. The summed E-state index contributed by atoms with van der Waals surface area (Å²) in [6, 6.07) is 1.69. The van der Waals surface area contributed by atoms with Crippen molar-refractivity contribution in [1.29, 1.82) is 0 Å². The van der Waals surface area contributed by atoms with E-state index in [0.29, 0.717) is 0 Å². The number of hydrogen-bond donors (Lipinski definition) is 3. The molecule has 0 spiro atoms. The molecule has 0 aromatic heterocycles. The van der Waals surface area contributed by atoms with Crippen LogP contribution >= 0.6 is 0 Å². The van der Waals surface area contributed by atoms with E-state index in [4.69, 9.17) is 5.11 Å². The van der Waals surface area contributed by atoms with Crippen LogP contribution in [0.3, 0.4) is 0 Å². The number of phenolic OH excluding ortho intramolecular Hbond substituents is 3. The Morgan fingerprint density at radius 2 is 1.60 bits per heavy atom. The van der Waals surface area contributed by atoms with Gasteiger partial charge in [0.25, 0.3) is 0 Å². The molecule has 0 heterocycles. The second-order valence-electron chi connectivity index (χ2n) is 2.74. The number of esters is 2. The molecule has 0 radical (unpaired) electrons. The lowest BCUT2D eigenvalue weighted by Crippen LogP contribution is -2.09. The molecule has 0 fully saturated rings. The molecule has 0 saturated heterocycles. The Kier molecular flexibility index (Phi) is 2.80. The molecular formula is C9H8O6. The summed E-state index contributed by atoms with van der Waals surface area (Å²) >= 11 is 0. The zero-order chi connectivity index (χ0) is 11.6. The summed E-state index contributed by atoms with van der Waals surface area (Å²) in [4.78, 5) is 21.6. The quantitative estimate of drug-likeness (QED) is 0.462. The van der Waals surface area contributed by atoms with Gasteiger partial charge in [-0.15, -0.1) is 0 Å². The van der Waals surface area contributed by atoms with Gasteiger partial charge in [0.1, 0.15) is 22.8 Å². The number of phenols is 3. The zero-order valence-electron chi connectivity index (χ0n) is 7.72. The summed E-state index contributed by atoms with van der Waals surface area (Å²) in [6.07, 6.45) is 0. The lowest BCUT2D eigenvalue weighted by atomic mass is 10.1. The van der Waals surface area contributed by atoms with Crippen LogP contribution in [0.5, 0.6) is 17.2 Å². The van der Waals surface area contributed by atoms with E-state index in [0.717, 1.165) is 19.1 Å². The first-order valence-electron chi connectivity index (χ1n) is 3.89. The predicted octanol–water partition coefficient (Wildman–Crippen LogP) is 0.507. The Morgan fingerprint density at radius 1 is 1.13 bits per heavy atom. The average Bonchev–Trinajstić information content (AvgIpc) is 1.99. The Labute approximate surface area is 84.3 Å². The topological polar surface area (TPSA) is 104 Å². The first kappa shape index (κ1) is 10.8. The van der Waals surface area contributed by atoms with E-state index in [9.17, 15) is 19.8 Å². The molecule has 1 aromatic carbocycles. The van der Waals surface area contributed by atoms with Gasteiger partial charge in [0.2, 0.25) is 0 Å². The summed E-state index contributed by atoms with van der Waals surface area (Å²) in [7, 11) is 0. The van der Waals surface area contributed by atoms with Gasteiger partial charge in [-0.05, 0) is 0 Å². The van der Waals surface area contributed by atoms with Gasteiger partial charge in [-0.3, -0.25) is 4.79 Å². The van der Waals surface area contributed by atoms with Crippen LogP contribution in [0.2, 0.25) is 0 Å². The molecule has 6 nitrogen and oxygen atoms in total. The van der Waals surface area contributed by atoms with Crippen molar-refractivity contribution in [3.8, 4) is 17.2 Å². The zero-order valence-corrected chi connectivity index (χ0v) is 7.72. The maximum Gasteiger partial charge on any atom is 0.353 e. The predicted molar refractivity (Wildman–Crippen MR) is 47.5 cm³/mol. The number of carbonyl (C=O) groups is 2. The fraction of sp³-hybridized carbons (Fsp3) is 0.111. The first-order chi connectivity index (χ1) is 6.91. The Bertz CT molecular complexity index is 400. The molecule has 15 heavy (non-hydrogen) atoms. The maximum atomic E-state index is 11.2. The first-order valence-corrected chi connectivity index (χ1v) is 3.89. The molecule has 80 valence electrons. The monoisotopic (exact) mass is 212 g/mol. The maximum absolute atomic E-state index is 11.2. The van der Waals surface area contributed by atoms with Crippen molar-refractivity contribution < 1.29 is 29.6 Å². The van der Waals surface area contributed by atoms with Gasteiger partial charge in [0.05, 0.1) is 0 Å². The third-order valence-corrected chi connectivity index (χ3v) is 1.52. The van der Waals surface area contributed by atoms with Crippen LogP contribution in [0, 0.1) is 0 Å². The Hall–Kier alpha value is -2.24.